The SMILES string of the molecule is CC(NC(=O)CSc1nnc(-c2ccc(C(C)(C)C)cc2)n1C1CCCC1)C1CC2CCC1C2. The van der Waals surface area contributed by atoms with Crippen molar-refractivity contribution in [1.82, 2.24) is 20.1 Å². The summed E-state index contributed by atoms with van der Waals surface area (Å²) in [4.78, 5) is 12.8. The molecule has 6 heteroatoms. The summed E-state index contributed by atoms with van der Waals surface area (Å²) in [7, 11) is 0. The minimum Gasteiger partial charge on any atom is -0.353 e. The summed E-state index contributed by atoms with van der Waals surface area (Å²) < 4.78 is 2.32. The molecule has 1 heterocycles. The number of hydrogen-bond acceptors (Lipinski definition) is 4. The second kappa shape index (κ2) is 9.67. The van der Waals surface area contributed by atoms with E-state index in [9.17, 15) is 4.79 Å². The second-order valence-corrected chi connectivity index (χ2v) is 12.9. The molecule has 34 heavy (non-hydrogen) atoms. The van der Waals surface area contributed by atoms with Gasteiger partial charge in [-0.1, -0.05) is 76.1 Å². The average Bonchev–Trinajstić information content (AvgIpc) is 3.61. The van der Waals surface area contributed by atoms with Gasteiger partial charge < -0.3 is 5.32 Å². The molecular formula is C28H40N4OS. The number of benzene rings is 1. The predicted molar refractivity (Wildman–Crippen MR) is 139 cm³/mol. The molecule has 4 unspecified atom stereocenters. The Morgan fingerprint density at radius 3 is 2.44 bits per heavy atom. The van der Waals surface area contributed by atoms with Gasteiger partial charge in [-0.2, -0.15) is 0 Å². The Hall–Kier alpha value is -1.82. The van der Waals surface area contributed by atoms with Crippen LogP contribution in [0.3, 0.4) is 0 Å². The van der Waals surface area contributed by atoms with Crippen LogP contribution in [-0.4, -0.2) is 32.5 Å². The van der Waals surface area contributed by atoms with Crippen molar-refractivity contribution in [3.8, 4) is 11.4 Å². The van der Waals surface area contributed by atoms with E-state index in [1.807, 2.05) is 0 Å². The van der Waals surface area contributed by atoms with E-state index in [2.05, 4.69) is 72.0 Å². The van der Waals surface area contributed by atoms with E-state index in [1.54, 1.807) is 11.8 Å². The van der Waals surface area contributed by atoms with E-state index >= 15 is 0 Å². The summed E-state index contributed by atoms with van der Waals surface area (Å²) in [5, 5.41) is 13.4. The molecule has 3 saturated carbocycles. The Labute approximate surface area is 208 Å². The van der Waals surface area contributed by atoms with Gasteiger partial charge in [0.1, 0.15) is 0 Å². The van der Waals surface area contributed by atoms with E-state index in [-0.39, 0.29) is 17.4 Å². The number of aromatic nitrogens is 3. The molecule has 3 aliphatic carbocycles. The minimum absolute atomic E-state index is 0.123. The van der Waals surface area contributed by atoms with Crippen LogP contribution in [0.15, 0.2) is 29.4 Å². The van der Waals surface area contributed by atoms with Crippen LogP contribution in [0.1, 0.15) is 90.7 Å². The van der Waals surface area contributed by atoms with Crippen LogP contribution in [0.2, 0.25) is 0 Å². The highest BCUT2D eigenvalue weighted by atomic mass is 32.2. The summed E-state index contributed by atoms with van der Waals surface area (Å²) in [5.74, 6) is 3.86. The summed E-state index contributed by atoms with van der Waals surface area (Å²) in [6, 6.07) is 9.46. The summed E-state index contributed by atoms with van der Waals surface area (Å²) in [6.45, 7) is 8.91. The van der Waals surface area contributed by atoms with Crippen molar-refractivity contribution < 1.29 is 4.79 Å². The molecule has 0 aliphatic heterocycles. The third-order valence-electron chi connectivity index (χ3n) is 8.52. The smallest absolute Gasteiger partial charge is 0.230 e. The van der Waals surface area contributed by atoms with Gasteiger partial charge in [0.05, 0.1) is 5.75 Å². The Kier molecular flexibility index (Phi) is 6.80. The number of nitrogens with zero attached hydrogens (tertiary/aromatic N) is 3. The molecular weight excluding hydrogens is 440 g/mol. The Morgan fingerprint density at radius 1 is 1.09 bits per heavy atom. The van der Waals surface area contributed by atoms with Gasteiger partial charge >= 0.3 is 0 Å². The first-order valence-electron chi connectivity index (χ1n) is 13.3. The van der Waals surface area contributed by atoms with Gasteiger partial charge in [0, 0.05) is 17.6 Å². The van der Waals surface area contributed by atoms with Gasteiger partial charge in [0.2, 0.25) is 5.91 Å². The lowest BCUT2D eigenvalue weighted by molar-refractivity contribution is -0.119. The standard InChI is InChI=1S/C28H40N4OS/c1-18(24-16-19-9-10-21(24)15-19)29-25(33)17-34-27-31-30-26(32(27)23-7-5-6-8-23)20-11-13-22(14-12-20)28(2,3)4/h11-14,18-19,21,23-24H,5-10,15-17H2,1-4H3,(H,29,33). The highest BCUT2D eigenvalue weighted by Gasteiger charge is 2.42. The number of fused-ring (bicyclic) bond motifs is 2. The maximum atomic E-state index is 12.8. The first-order valence-corrected chi connectivity index (χ1v) is 14.3. The van der Waals surface area contributed by atoms with E-state index < -0.39 is 0 Å². The van der Waals surface area contributed by atoms with E-state index in [0.29, 0.717) is 17.7 Å². The van der Waals surface area contributed by atoms with Crippen LogP contribution < -0.4 is 5.32 Å². The van der Waals surface area contributed by atoms with Crippen molar-refractivity contribution in [1.29, 1.82) is 0 Å². The quantitative estimate of drug-likeness (QED) is 0.466. The van der Waals surface area contributed by atoms with E-state index in [4.69, 9.17) is 0 Å². The number of carbonyl (C=O) groups excluding carboxylic acids is 1. The molecule has 5 rings (SSSR count). The Morgan fingerprint density at radius 2 is 1.82 bits per heavy atom. The topological polar surface area (TPSA) is 59.8 Å². The second-order valence-electron chi connectivity index (χ2n) is 11.9. The van der Waals surface area contributed by atoms with Crippen LogP contribution in [0, 0.1) is 17.8 Å². The fourth-order valence-corrected chi connectivity index (χ4v) is 7.44. The lowest BCUT2D eigenvalue weighted by Gasteiger charge is -2.28. The number of hydrogen-bond donors (Lipinski definition) is 1. The molecule has 1 N–H and O–H groups in total. The van der Waals surface area contributed by atoms with Crippen LogP contribution in [0.5, 0.6) is 0 Å². The first-order chi connectivity index (χ1) is 16.3. The van der Waals surface area contributed by atoms with E-state index in [0.717, 1.165) is 41.2 Å². The molecule has 0 spiro atoms. The van der Waals surface area contributed by atoms with Crippen LogP contribution >= 0.6 is 11.8 Å². The molecule has 0 radical (unpaired) electrons. The minimum atomic E-state index is 0.123. The van der Waals surface area contributed by atoms with Gasteiger partial charge in [-0.3, -0.25) is 9.36 Å². The maximum Gasteiger partial charge on any atom is 0.230 e. The van der Waals surface area contributed by atoms with Crippen molar-refractivity contribution in [2.75, 3.05) is 5.75 Å². The number of nitrogens with one attached hydrogen (secondary N) is 1. The normalized spacial score (nSPS) is 25.7. The lowest BCUT2D eigenvalue weighted by Crippen LogP contribution is -2.41. The first kappa shape index (κ1) is 23.9. The molecule has 0 saturated heterocycles. The van der Waals surface area contributed by atoms with Gasteiger partial charge in [-0.25, -0.2) is 0 Å². The fourth-order valence-electron chi connectivity index (χ4n) is 6.62. The van der Waals surface area contributed by atoms with Crippen molar-refractivity contribution in [3.05, 3.63) is 29.8 Å². The molecule has 4 atom stereocenters. The third-order valence-corrected chi connectivity index (χ3v) is 9.46. The number of amides is 1. The molecule has 1 aromatic heterocycles. The summed E-state index contributed by atoms with van der Waals surface area (Å²) in [6.07, 6.45) is 10.2. The number of rotatable bonds is 7. The summed E-state index contributed by atoms with van der Waals surface area (Å²) in [5.41, 5.74) is 2.55. The predicted octanol–water partition coefficient (Wildman–Crippen LogP) is 6.39. The summed E-state index contributed by atoms with van der Waals surface area (Å²) >= 11 is 1.54. The van der Waals surface area contributed by atoms with Gasteiger partial charge in [-0.15, -0.1) is 10.2 Å². The van der Waals surface area contributed by atoms with Gasteiger partial charge in [-0.05, 0) is 67.8 Å². The van der Waals surface area contributed by atoms with Crippen molar-refractivity contribution >= 4 is 17.7 Å². The molecule has 5 nitrogen and oxygen atoms in total. The number of carbonyl (C=O) groups is 1. The van der Waals surface area contributed by atoms with Gasteiger partial charge in [0.25, 0.3) is 0 Å². The molecule has 3 fully saturated rings. The molecule has 184 valence electrons. The zero-order valence-electron chi connectivity index (χ0n) is 21.2. The molecule has 1 aromatic carbocycles. The maximum absolute atomic E-state index is 12.8. The molecule has 2 bridgehead atoms. The van der Waals surface area contributed by atoms with Crippen LogP contribution in [0.4, 0.5) is 0 Å². The van der Waals surface area contributed by atoms with Crippen molar-refractivity contribution in [2.24, 2.45) is 17.8 Å². The largest absolute Gasteiger partial charge is 0.353 e. The average molecular weight is 481 g/mol. The van der Waals surface area contributed by atoms with E-state index in [1.165, 1.54) is 44.1 Å². The Bertz CT molecular complexity index is 1000. The Balaban J connectivity index is 1.28. The molecule has 1 amide bonds. The van der Waals surface area contributed by atoms with Gasteiger partial charge in [0.15, 0.2) is 11.0 Å². The number of thioether (sulfide) groups is 1. The van der Waals surface area contributed by atoms with Crippen LogP contribution in [-0.2, 0) is 10.2 Å². The zero-order valence-corrected chi connectivity index (χ0v) is 22.0. The van der Waals surface area contributed by atoms with Crippen molar-refractivity contribution in [3.63, 3.8) is 0 Å². The fraction of sp³-hybridized carbons (Fsp3) is 0.679. The monoisotopic (exact) mass is 480 g/mol. The van der Waals surface area contributed by atoms with Crippen LogP contribution in [0.25, 0.3) is 11.4 Å². The lowest BCUT2D eigenvalue weighted by atomic mass is 9.84. The molecule has 2 aromatic rings. The zero-order chi connectivity index (χ0) is 23.9. The highest BCUT2D eigenvalue weighted by Crippen LogP contribution is 2.49. The third kappa shape index (κ3) is 4.93. The highest BCUT2D eigenvalue weighted by molar-refractivity contribution is 7.99. The molecule has 3 aliphatic rings. The van der Waals surface area contributed by atoms with Crippen molar-refractivity contribution in [2.45, 2.75) is 102 Å².